The first kappa shape index (κ1) is 13.4. The molecule has 1 amide bonds. The molecule has 1 aromatic carbocycles. The molecule has 2 aromatic rings. The summed E-state index contributed by atoms with van der Waals surface area (Å²) in [6.07, 6.45) is 2.01. The van der Waals surface area contributed by atoms with E-state index in [9.17, 15) is 4.79 Å². The van der Waals surface area contributed by atoms with Crippen molar-refractivity contribution in [1.29, 1.82) is 0 Å². The van der Waals surface area contributed by atoms with E-state index >= 15 is 0 Å². The monoisotopic (exact) mass is 280 g/mol. The van der Waals surface area contributed by atoms with Crippen molar-refractivity contribution in [2.75, 3.05) is 12.0 Å². The van der Waals surface area contributed by atoms with E-state index in [1.807, 2.05) is 31.4 Å². The van der Waals surface area contributed by atoms with Crippen molar-refractivity contribution in [1.82, 2.24) is 9.69 Å². The highest BCUT2D eigenvalue weighted by molar-refractivity contribution is 7.98. The van der Waals surface area contributed by atoms with Gasteiger partial charge in [-0.25, -0.2) is 0 Å². The minimum Gasteiger partial charge on any atom is -0.350 e. The van der Waals surface area contributed by atoms with Crippen molar-refractivity contribution in [3.05, 3.63) is 30.0 Å². The quantitative estimate of drug-likeness (QED) is 0.915. The van der Waals surface area contributed by atoms with Crippen molar-refractivity contribution in [3.8, 4) is 0 Å². The van der Waals surface area contributed by atoms with Crippen LogP contribution in [-0.4, -0.2) is 22.3 Å². The highest BCUT2D eigenvalue weighted by atomic mass is 32.2. The molecule has 1 heterocycles. The molecule has 0 aliphatic carbocycles. The van der Waals surface area contributed by atoms with E-state index < -0.39 is 0 Å². The molecule has 1 N–H and O–H groups in total. The Morgan fingerprint density at radius 3 is 3.06 bits per heavy atom. The van der Waals surface area contributed by atoms with Crippen LogP contribution in [0.4, 0.5) is 0 Å². The van der Waals surface area contributed by atoms with E-state index in [4.69, 9.17) is 0 Å². The Kier molecular flexibility index (Phi) is 4.60. The van der Waals surface area contributed by atoms with Crippen LogP contribution < -0.4 is 5.32 Å². The Bertz CT molecular complexity index is 539. The van der Waals surface area contributed by atoms with Crippen molar-refractivity contribution < 1.29 is 4.79 Å². The Labute approximate surface area is 115 Å². The third-order valence-corrected chi connectivity index (χ3v) is 4.44. The zero-order valence-corrected chi connectivity index (χ0v) is 12.1. The standard InChI is InChI=1S/C13H16N2OS2/c1-9(8-17-2)13(16)14-7-11-10-5-3-4-6-12(10)18-15-11/h3-6,9H,7-8H2,1-2H3,(H,14,16). The number of thioether (sulfide) groups is 1. The molecule has 3 nitrogen and oxygen atoms in total. The summed E-state index contributed by atoms with van der Waals surface area (Å²) in [5, 5.41) is 4.09. The summed E-state index contributed by atoms with van der Waals surface area (Å²) in [6.45, 7) is 2.46. The maximum Gasteiger partial charge on any atom is 0.223 e. The molecule has 0 aliphatic rings. The molecule has 2 rings (SSSR count). The van der Waals surface area contributed by atoms with E-state index in [0.29, 0.717) is 6.54 Å². The molecule has 0 aliphatic heterocycles. The van der Waals surface area contributed by atoms with Gasteiger partial charge in [0.2, 0.25) is 5.91 Å². The Hall–Kier alpha value is -1.07. The fourth-order valence-corrected chi connectivity index (χ4v) is 3.18. The fraction of sp³-hybridized carbons (Fsp3) is 0.385. The average Bonchev–Trinajstić information content (AvgIpc) is 2.79. The minimum atomic E-state index is 0.0462. The number of hydrogen-bond donors (Lipinski definition) is 1. The molecule has 1 aromatic heterocycles. The first-order valence-electron chi connectivity index (χ1n) is 5.82. The van der Waals surface area contributed by atoms with E-state index in [-0.39, 0.29) is 11.8 Å². The Morgan fingerprint density at radius 2 is 2.28 bits per heavy atom. The summed E-state index contributed by atoms with van der Waals surface area (Å²) < 4.78 is 5.56. The van der Waals surface area contributed by atoms with E-state index in [2.05, 4.69) is 15.8 Å². The zero-order valence-electron chi connectivity index (χ0n) is 10.5. The van der Waals surface area contributed by atoms with Crippen LogP contribution >= 0.6 is 23.3 Å². The molecule has 18 heavy (non-hydrogen) atoms. The van der Waals surface area contributed by atoms with Gasteiger partial charge in [-0.2, -0.15) is 16.1 Å². The molecule has 5 heteroatoms. The molecule has 0 spiro atoms. The Morgan fingerprint density at radius 1 is 1.50 bits per heavy atom. The van der Waals surface area contributed by atoms with Crippen LogP contribution in [0.1, 0.15) is 12.6 Å². The minimum absolute atomic E-state index is 0.0462. The van der Waals surface area contributed by atoms with Gasteiger partial charge in [0.1, 0.15) is 0 Å². The van der Waals surface area contributed by atoms with Gasteiger partial charge in [0.25, 0.3) is 0 Å². The van der Waals surface area contributed by atoms with Gasteiger partial charge in [-0.05, 0) is 23.9 Å². The first-order chi connectivity index (χ1) is 8.72. The lowest BCUT2D eigenvalue weighted by Crippen LogP contribution is -2.30. The summed E-state index contributed by atoms with van der Waals surface area (Å²) in [4.78, 5) is 11.8. The normalized spacial score (nSPS) is 12.6. The van der Waals surface area contributed by atoms with Gasteiger partial charge in [-0.1, -0.05) is 25.1 Å². The summed E-state index contributed by atoms with van der Waals surface area (Å²) in [6, 6.07) is 8.10. The largest absolute Gasteiger partial charge is 0.350 e. The van der Waals surface area contributed by atoms with E-state index in [1.165, 1.54) is 16.2 Å². The van der Waals surface area contributed by atoms with Gasteiger partial charge in [0.05, 0.1) is 16.9 Å². The summed E-state index contributed by atoms with van der Waals surface area (Å²) in [7, 11) is 0. The molecule has 0 fully saturated rings. The number of fused-ring (bicyclic) bond motifs is 1. The first-order valence-corrected chi connectivity index (χ1v) is 7.99. The average molecular weight is 280 g/mol. The fourth-order valence-electron chi connectivity index (χ4n) is 1.74. The Balaban J connectivity index is 2.00. The lowest BCUT2D eigenvalue weighted by molar-refractivity contribution is -0.124. The summed E-state index contributed by atoms with van der Waals surface area (Å²) >= 11 is 3.17. The van der Waals surface area contributed by atoms with Crippen LogP contribution in [0.2, 0.25) is 0 Å². The summed E-state index contributed by atoms with van der Waals surface area (Å²) in [5.41, 5.74) is 0.959. The van der Waals surface area contributed by atoms with Crippen LogP contribution in [-0.2, 0) is 11.3 Å². The van der Waals surface area contributed by atoms with Crippen molar-refractivity contribution in [2.45, 2.75) is 13.5 Å². The number of benzene rings is 1. The number of hydrogen-bond acceptors (Lipinski definition) is 4. The highest BCUT2D eigenvalue weighted by Gasteiger charge is 2.13. The number of nitrogens with zero attached hydrogens (tertiary/aromatic N) is 1. The lowest BCUT2D eigenvalue weighted by Gasteiger charge is -2.09. The molecular formula is C13H16N2OS2. The SMILES string of the molecule is CSCC(C)C(=O)NCc1nsc2ccccc12. The summed E-state index contributed by atoms with van der Waals surface area (Å²) in [5.74, 6) is 0.996. The molecular weight excluding hydrogens is 264 g/mol. The number of carbonyl (C=O) groups is 1. The van der Waals surface area contributed by atoms with Crippen LogP contribution in [0.25, 0.3) is 10.1 Å². The molecule has 1 atom stereocenters. The van der Waals surface area contributed by atoms with E-state index in [0.717, 1.165) is 16.8 Å². The van der Waals surface area contributed by atoms with Gasteiger partial charge < -0.3 is 5.32 Å². The third kappa shape index (κ3) is 3.03. The second kappa shape index (κ2) is 6.20. The molecule has 0 saturated carbocycles. The second-order valence-electron chi connectivity index (χ2n) is 4.20. The van der Waals surface area contributed by atoms with Gasteiger partial charge in [-0.3, -0.25) is 4.79 Å². The van der Waals surface area contributed by atoms with Gasteiger partial charge >= 0.3 is 0 Å². The van der Waals surface area contributed by atoms with Crippen LogP contribution in [0.15, 0.2) is 24.3 Å². The van der Waals surface area contributed by atoms with Crippen LogP contribution in [0.5, 0.6) is 0 Å². The van der Waals surface area contributed by atoms with Crippen molar-refractivity contribution >= 4 is 39.3 Å². The molecule has 96 valence electrons. The number of rotatable bonds is 5. The number of nitrogens with one attached hydrogen (secondary N) is 1. The highest BCUT2D eigenvalue weighted by Crippen LogP contribution is 2.21. The third-order valence-electron chi connectivity index (χ3n) is 2.75. The lowest BCUT2D eigenvalue weighted by atomic mass is 10.2. The van der Waals surface area contributed by atoms with Gasteiger partial charge in [-0.15, -0.1) is 0 Å². The van der Waals surface area contributed by atoms with Gasteiger partial charge in [0, 0.05) is 17.1 Å². The predicted octanol–water partition coefficient (Wildman–Crippen LogP) is 2.91. The topological polar surface area (TPSA) is 42.0 Å². The molecule has 1 unspecified atom stereocenters. The van der Waals surface area contributed by atoms with E-state index in [1.54, 1.807) is 11.8 Å². The maximum absolute atomic E-state index is 11.8. The number of aromatic nitrogens is 1. The van der Waals surface area contributed by atoms with Crippen LogP contribution in [0, 0.1) is 5.92 Å². The number of amides is 1. The van der Waals surface area contributed by atoms with Crippen molar-refractivity contribution in [2.24, 2.45) is 5.92 Å². The maximum atomic E-state index is 11.8. The van der Waals surface area contributed by atoms with Crippen molar-refractivity contribution in [3.63, 3.8) is 0 Å². The number of carbonyl (C=O) groups excluding carboxylic acids is 1. The second-order valence-corrected chi connectivity index (χ2v) is 5.92. The smallest absolute Gasteiger partial charge is 0.223 e. The van der Waals surface area contributed by atoms with Crippen LogP contribution in [0.3, 0.4) is 0 Å². The molecule has 0 saturated heterocycles. The van der Waals surface area contributed by atoms with Gasteiger partial charge in [0.15, 0.2) is 0 Å². The zero-order chi connectivity index (χ0) is 13.0. The molecule has 0 radical (unpaired) electrons. The molecule has 0 bridgehead atoms. The predicted molar refractivity (Wildman–Crippen MR) is 79.0 cm³/mol.